The van der Waals surface area contributed by atoms with Gasteiger partial charge in [0, 0.05) is 17.4 Å². The molecule has 2 atom stereocenters. The average Bonchev–Trinajstić information content (AvgIpc) is 2.73. The Balaban J connectivity index is 1.85. The van der Waals surface area contributed by atoms with Gasteiger partial charge in [0.05, 0.1) is 12.7 Å². The van der Waals surface area contributed by atoms with Crippen molar-refractivity contribution in [2.75, 3.05) is 18.5 Å². The number of rotatable bonds is 5. The first kappa shape index (κ1) is 12.9. The van der Waals surface area contributed by atoms with Gasteiger partial charge in [-0.05, 0) is 31.9 Å². The number of hydrogen-bond acceptors (Lipinski definition) is 2. The lowest BCUT2D eigenvalue weighted by Gasteiger charge is -2.29. The maximum absolute atomic E-state index is 5.77. The van der Waals surface area contributed by atoms with Gasteiger partial charge >= 0.3 is 0 Å². The highest BCUT2D eigenvalue weighted by Gasteiger charge is 2.40. The second-order valence-electron chi connectivity index (χ2n) is 4.67. The molecule has 1 aliphatic heterocycles. The smallest absolute Gasteiger partial charge is 0.119 e. The SMILES string of the molecule is CC1OCCC1(CBr)CCOc1ccccc1. The molecule has 2 rings (SSSR count). The Labute approximate surface area is 111 Å². The third-order valence-corrected chi connectivity index (χ3v) is 4.82. The van der Waals surface area contributed by atoms with Crippen LogP contribution in [0.1, 0.15) is 19.8 Å². The molecule has 0 saturated carbocycles. The van der Waals surface area contributed by atoms with Crippen LogP contribution in [0.5, 0.6) is 5.75 Å². The van der Waals surface area contributed by atoms with E-state index in [9.17, 15) is 0 Å². The quantitative estimate of drug-likeness (QED) is 0.773. The van der Waals surface area contributed by atoms with Crippen LogP contribution in [-0.2, 0) is 4.74 Å². The molecule has 0 amide bonds. The van der Waals surface area contributed by atoms with Crippen LogP contribution < -0.4 is 4.74 Å². The summed E-state index contributed by atoms with van der Waals surface area (Å²) in [5.41, 5.74) is 0.245. The van der Waals surface area contributed by atoms with Gasteiger partial charge in [-0.3, -0.25) is 0 Å². The van der Waals surface area contributed by atoms with E-state index in [4.69, 9.17) is 9.47 Å². The predicted molar refractivity (Wildman–Crippen MR) is 72.8 cm³/mol. The Kier molecular flexibility index (Phi) is 4.46. The zero-order valence-electron chi connectivity index (χ0n) is 10.2. The predicted octanol–water partition coefficient (Wildman–Crippen LogP) is 3.65. The fourth-order valence-electron chi connectivity index (χ4n) is 2.28. The Bertz CT molecular complexity index is 341. The van der Waals surface area contributed by atoms with E-state index < -0.39 is 0 Å². The third-order valence-electron chi connectivity index (χ3n) is 3.71. The number of benzene rings is 1. The molecule has 0 aliphatic carbocycles. The zero-order valence-corrected chi connectivity index (χ0v) is 11.8. The molecule has 1 heterocycles. The molecular formula is C14H19BrO2. The summed E-state index contributed by atoms with van der Waals surface area (Å²) in [5.74, 6) is 0.948. The minimum atomic E-state index is 0.245. The molecule has 1 saturated heterocycles. The van der Waals surface area contributed by atoms with Crippen molar-refractivity contribution < 1.29 is 9.47 Å². The molecule has 3 heteroatoms. The van der Waals surface area contributed by atoms with Gasteiger partial charge in [0.2, 0.25) is 0 Å². The first-order chi connectivity index (χ1) is 8.27. The molecule has 0 N–H and O–H groups in total. The van der Waals surface area contributed by atoms with Crippen molar-refractivity contribution in [3.8, 4) is 5.75 Å². The van der Waals surface area contributed by atoms with Crippen molar-refractivity contribution in [2.24, 2.45) is 5.41 Å². The molecule has 0 radical (unpaired) electrons. The van der Waals surface area contributed by atoms with Gasteiger partial charge in [0.25, 0.3) is 0 Å². The molecule has 2 unspecified atom stereocenters. The average molecular weight is 299 g/mol. The lowest BCUT2D eigenvalue weighted by Crippen LogP contribution is -2.32. The number of para-hydroxylation sites is 1. The van der Waals surface area contributed by atoms with E-state index in [1.54, 1.807) is 0 Å². The first-order valence-electron chi connectivity index (χ1n) is 6.12. The molecule has 1 aromatic carbocycles. The highest BCUT2D eigenvalue weighted by molar-refractivity contribution is 9.09. The van der Waals surface area contributed by atoms with Crippen LogP contribution in [0.2, 0.25) is 0 Å². The van der Waals surface area contributed by atoms with Gasteiger partial charge in [-0.15, -0.1) is 0 Å². The number of hydrogen-bond donors (Lipinski definition) is 0. The highest BCUT2D eigenvalue weighted by atomic mass is 79.9. The van der Waals surface area contributed by atoms with Crippen LogP contribution in [0, 0.1) is 5.41 Å². The van der Waals surface area contributed by atoms with E-state index in [0.29, 0.717) is 6.10 Å². The maximum atomic E-state index is 5.77. The van der Waals surface area contributed by atoms with Crippen LogP contribution in [0.25, 0.3) is 0 Å². The minimum absolute atomic E-state index is 0.245. The molecule has 0 aromatic heterocycles. The van der Waals surface area contributed by atoms with E-state index in [1.807, 2.05) is 30.3 Å². The van der Waals surface area contributed by atoms with Gasteiger partial charge in [0.1, 0.15) is 5.75 Å². The topological polar surface area (TPSA) is 18.5 Å². The van der Waals surface area contributed by atoms with Gasteiger partial charge in [-0.2, -0.15) is 0 Å². The largest absolute Gasteiger partial charge is 0.494 e. The minimum Gasteiger partial charge on any atom is -0.494 e. The molecule has 17 heavy (non-hydrogen) atoms. The number of alkyl halides is 1. The van der Waals surface area contributed by atoms with Crippen LogP contribution in [0.3, 0.4) is 0 Å². The summed E-state index contributed by atoms with van der Waals surface area (Å²) in [6.07, 6.45) is 2.48. The molecule has 1 fully saturated rings. The Hall–Kier alpha value is -0.540. The summed E-state index contributed by atoms with van der Waals surface area (Å²) in [6.45, 7) is 3.79. The van der Waals surface area contributed by atoms with Crippen molar-refractivity contribution >= 4 is 15.9 Å². The van der Waals surface area contributed by atoms with Crippen molar-refractivity contribution in [3.05, 3.63) is 30.3 Å². The molecule has 0 bridgehead atoms. The second-order valence-corrected chi connectivity index (χ2v) is 5.23. The van der Waals surface area contributed by atoms with Crippen molar-refractivity contribution in [2.45, 2.75) is 25.9 Å². The van der Waals surface area contributed by atoms with Gasteiger partial charge in [-0.1, -0.05) is 34.1 Å². The summed E-state index contributed by atoms with van der Waals surface area (Å²) in [4.78, 5) is 0. The Morgan fingerprint density at radius 3 is 2.76 bits per heavy atom. The molecule has 94 valence electrons. The Morgan fingerprint density at radius 1 is 1.41 bits per heavy atom. The van der Waals surface area contributed by atoms with E-state index in [0.717, 1.165) is 37.1 Å². The normalized spacial score (nSPS) is 28.2. The molecular weight excluding hydrogens is 280 g/mol. The van der Waals surface area contributed by atoms with Crippen molar-refractivity contribution in [1.82, 2.24) is 0 Å². The van der Waals surface area contributed by atoms with E-state index >= 15 is 0 Å². The van der Waals surface area contributed by atoms with Crippen molar-refractivity contribution in [1.29, 1.82) is 0 Å². The maximum Gasteiger partial charge on any atom is 0.119 e. The number of ether oxygens (including phenoxy) is 2. The summed E-state index contributed by atoms with van der Waals surface area (Å²) < 4.78 is 11.4. The van der Waals surface area contributed by atoms with Crippen LogP contribution in [0.4, 0.5) is 0 Å². The van der Waals surface area contributed by atoms with Crippen molar-refractivity contribution in [3.63, 3.8) is 0 Å². The standard InChI is InChI=1S/C14H19BrO2/c1-12-14(11-15,7-9-16-12)8-10-17-13-5-3-2-4-6-13/h2-6,12H,7-11H2,1H3. The van der Waals surface area contributed by atoms with Crippen LogP contribution in [-0.4, -0.2) is 24.6 Å². The Morgan fingerprint density at radius 2 is 2.18 bits per heavy atom. The zero-order chi connectivity index (χ0) is 12.1. The summed E-state index contributed by atoms with van der Waals surface area (Å²) in [5, 5.41) is 0.985. The molecule has 2 nitrogen and oxygen atoms in total. The number of halogens is 1. The van der Waals surface area contributed by atoms with E-state index in [2.05, 4.69) is 22.9 Å². The summed E-state index contributed by atoms with van der Waals surface area (Å²) in [6, 6.07) is 9.98. The lowest BCUT2D eigenvalue weighted by atomic mass is 9.81. The van der Waals surface area contributed by atoms with Gasteiger partial charge in [-0.25, -0.2) is 0 Å². The molecule has 0 spiro atoms. The van der Waals surface area contributed by atoms with Crippen LogP contribution in [0.15, 0.2) is 30.3 Å². The fraction of sp³-hybridized carbons (Fsp3) is 0.571. The fourth-order valence-corrected chi connectivity index (χ4v) is 3.30. The monoisotopic (exact) mass is 298 g/mol. The highest BCUT2D eigenvalue weighted by Crippen LogP contribution is 2.39. The van der Waals surface area contributed by atoms with Crippen LogP contribution >= 0.6 is 15.9 Å². The lowest BCUT2D eigenvalue weighted by molar-refractivity contribution is 0.0632. The van der Waals surface area contributed by atoms with E-state index in [-0.39, 0.29) is 5.41 Å². The second kappa shape index (κ2) is 5.87. The van der Waals surface area contributed by atoms with E-state index in [1.165, 1.54) is 0 Å². The summed E-state index contributed by atoms with van der Waals surface area (Å²) in [7, 11) is 0. The molecule has 1 aliphatic rings. The first-order valence-corrected chi connectivity index (χ1v) is 7.24. The van der Waals surface area contributed by atoms with Gasteiger partial charge in [0.15, 0.2) is 0 Å². The summed E-state index contributed by atoms with van der Waals surface area (Å²) >= 11 is 3.62. The molecule has 1 aromatic rings. The van der Waals surface area contributed by atoms with Gasteiger partial charge < -0.3 is 9.47 Å². The third kappa shape index (κ3) is 3.02.